The Hall–Kier alpha value is -2.25. The average molecular weight is 329 g/mol. The first kappa shape index (κ1) is 16.6. The molecular formula is C17H23N5O2. The zero-order valence-corrected chi connectivity index (χ0v) is 14.0. The largest absolute Gasteiger partial charge is 0.384 e. The number of aliphatic hydroxyl groups excluding tert-OH is 1. The van der Waals surface area contributed by atoms with E-state index in [0.717, 1.165) is 24.5 Å². The number of rotatable bonds is 4. The number of benzene rings is 1. The van der Waals surface area contributed by atoms with Gasteiger partial charge < -0.3 is 10.0 Å². The van der Waals surface area contributed by atoms with E-state index in [9.17, 15) is 9.90 Å². The molecule has 2 atom stereocenters. The molecule has 1 aromatic heterocycles. The zero-order valence-electron chi connectivity index (χ0n) is 14.0. The molecule has 128 valence electrons. The van der Waals surface area contributed by atoms with E-state index in [1.165, 1.54) is 6.92 Å². The summed E-state index contributed by atoms with van der Waals surface area (Å²) >= 11 is 0. The summed E-state index contributed by atoms with van der Waals surface area (Å²) in [5, 5.41) is 17.9. The van der Waals surface area contributed by atoms with Crippen LogP contribution in [0.3, 0.4) is 0 Å². The van der Waals surface area contributed by atoms with E-state index in [1.54, 1.807) is 9.58 Å². The van der Waals surface area contributed by atoms with Crippen LogP contribution < -0.4 is 0 Å². The summed E-state index contributed by atoms with van der Waals surface area (Å²) in [6.45, 7) is 6.39. The van der Waals surface area contributed by atoms with Gasteiger partial charge in [0.15, 0.2) is 0 Å². The second-order valence-corrected chi connectivity index (χ2v) is 6.14. The van der Waals surface area contributed by atoms with Crippen LogP contribution in [0.15, 0.2) is 36.5 Å². The lowest BCUT2D eigenvalue weighted by molar-refractivity contribution is -0.141. The van der Waals surface area contributed by atoms with Crippen LogP contribution in [0.25, 0.3) is 5.69 Å². The second kappa shape index (κ2) is 7.11. The molecule has 1 saturated heterocycles. The molecule has 1 amide bonds. The van der Waals surface area contributed by atoms with Crippen molar-refractivity contribution in [2.75, 3.05) is 26.2 Å². The van der Waals surface area contributed by atoms with Gasteiger partial charge in [-0.25, -0.2) is 4.68 Å². The number of nitrogens with zero attached hydrogens (tertiary/aromatic N) is 5. The maximum absolute atomic E-state index is 11.8. The predicted molar refractivity (Wildman–Crippen MR) is 89.6 cm³/mol. The van der Waals surface area contributed by atoms with Crippen molar-refractivity contribution in [3.63, 3.8) is 0 Å². The van der Waals surface area contributed by atoms with Gasteiger partial charge in [0.25, 0.3) is 5.91 Å². The first-order valence-electron chi connectivity index (χ1n) is 8.25. The van der Waals surface area contributed by atoms with E-state index in [2.05, 4.69) is 22.1 Å². The van der Waals surface area contributed by atoms with Crippen molar-refractivity contribution in [3.8, 4) is 5.69 Å². The van der Waals surface area contributed by atoms with Gasteiger partial charge in [0.2, 0.25) is 0 Å². The van der Waals surface area contributed by atoms with Crippen molar-refractivity contribution in [1.29, 1.82) is 0 Å². The highest BCUT2D eigenvalue weighted by Crippen LogP contribution is 2.20. The minimum atomic E-state index is -0.931. The van der Waals surface area contributed by atoms with Crippen molar-refractivity contribution in [2.24, 2.45) is 0 Å². The molecule has 3 rings (SSSR count). The van der Waals surface area contributed by atoms with Crippen LogP contribution in [0.2, 0.25) is 0 Å². The molecule has 7 nitrogen and oxygen atoms in total. The van der Waals surface area contributed by atoms with Gasteiger partial charge >= 0.3 is 0 Å². The average Bonchev–Trinajstić information content (AvgIpc) is 3.11. The molecule has 1 fully saturated rings. The lowest BCUT2D eigenvalue weighted by Gasteiger charge is -2.37. The fourth-order valence-electron chi connectivity index (χ4n) is 2.96. The Labute approximate surface area is 141 Å². The summed E-state index contributed by atoms with van der Waals surface area (Å²) in [6.07, 6.45) is 1.02. The number of carbonyl (C=O) groups excluding carboxylic acids is 1. The Morgan fingerprint density at radius 3 is 2.42 bits per heavy atom. The van der Waals surface area contributed by atoms with E-state index in [-0.39, 0.29) is 11.9 Å². The third-order valence-corrected chi connectivity index (χ3v) is 4.49. The van der Waals surface area contributed by atoms with Crippen molar-refractivity contribution >= 4 is 5.91 Å². The number of para-hydroxylation sites is 1. The van der Waals surface area contributed by atoms with Gasteiger partial charge in [-0.15, -0.1) is 5.10 Å². The smallest absolute Gasteiger partial charge is 0.251 e. The summed E-state index contributed by atoms with van der Waals surface area (Å²) in [6, 6.07) is 10.0. The molecule has 0 saturated carbocycles. The molecule has 2 heterocycles. The molecule has 2 aromatic rings. The molecule has 1 aliphatic heterocycles. The Bertz CT molecular complexity index is 677. The van der Waals surface area contributed by atoms with E-state index in [4.69, 9.17) is 0 Å². The van der Waals surface area contributed by atoms with Crippen molar-refractivity contribution in [2.45, 2.75) is 26.0 Å². The predicted octanol–water partition coefficient (Wildman–Crippen LogP) is 0.853. The van der Waals surface area contributed by atoms with Crippen LogP contribution in [-0.2, 0) is 4.79 Å². The molecule has 1 N–H and O–H groups in total. The third-order valence-electron chi connectivity index (χ3n) is 4.49. The molecule has 0 bridgehead atoms. The van der Waals surface area contributed by atoms with Gasteiger partial charge in [-0.3, -0.25) is 9.69 Å². The lowest BCUT2D eigenvalue weighted by atomic mass is 10.1. The van der Waals surface area contributed by atoms with Gasteiger partial charge in [0.05, 0.1) is 23.6 Å². The Morgan fingerprint density at radius 1 is 1.12 bits per heavy atom. The number of hydrogen-bond acceptors (Lipinski definition) is 5. The Morgan fingerprint density at radius 2 is 1.79 bits per heavy atom. The van der Waals surface area contributed by atoms with Gasteiger partial charge in [-0.1, -0.05) is 23.4 Å². The number of hydrogen-bond donors (Lipinski definition) is 1. The fraction of sp³-hybridized carbons (Fsp3) is 0.471. The lowest BCUT2D eigenvalue weighted by Crippen LogP contribution is -2.51. The van der Waals surface area contributed by atoms with Gasteiger partial charge in [0, 0.05) is 26.2 Å². The number of aliphatic hydroxyl groups is 1. The minimum absolute atomic E-state index is 0.131. The highest BCUT2D eigenvalue weighted by molar-refractivity contribution is 5.80. The molecule has 0 aliphatic carbocycles. The zero-order chi connectivity index (χ0) is 17.1. The van der Waals surface area contributed by atoms with Crippen LogP contribution in [0.1, 0.15) is 25.6 Å². The summed E-state index contributed by atoms with van der Waals surface area (Å²) in [5.74, 6) is -0.197. The third kappa shape index (κ3) is 3.47. The van der Waals surface area contributed by atoms with Gasteiger partial charge in [-0.2, -0.15) is 0 Å². The van der Waals surface area contributed by atoms with Gasteiger partial charge in [0.1, 0.15) is 6.10 Å². The Kier molecular flexibility index (Phi) is 4.92. The quantitative estimate of drug-likeness (QED) is 0.900. The number of amides is 1. The van der Waals surface area contributed by atoms with Crippen LogP contribution in [0.5, 0.6) is 0 Å². The topological polar surface area (TPSA) is 74.5 Å². The minimum Gasteiger partial charge on any atom is -0.384 e. The van der Waals surface area contributed by atoms with Gasteiger partial charge in [-0.05, 0) is 26.0 Å². The van der Waals surface area contributed by atoms with Crippen LogP contribution in [0, 0.1) is 0 Å². The summed E-state index contributed by atoms with van der Waals surface area (Å²) in [4.78, 5) is 15.8. The SMILES string of the molecule is CC(O)C(=O)N1CCN(C(C)c2cn(-c3ccccc3)nn2)CC1. The maximum atomic E-state index is 11.8. The van der Waals surface area contributed by atoms with E-state index in [0.29, 0.717) is 13.1 Å². The highest BCUT2D eigenvalue weighted by atomic mass is 16.3. The standard InChI is InChI=1S/C17H23N5O2/c1-13(20-8-10-21(11-9-20)17(24)14(2)23)16-12-22(19-18-16)15-6-4-3-5-7-15/h3-7,12-14,23H,8-11H2,1-2H3. The second-order valence-electron chi connectivity index (χ2n) is 6.14. The van der Waals surface area contributed by atoms with Crippen LogP contribution >= 0.6 is 0 Å². The molecule has 0 radical (unpaired) electrons. The summed E-state index contributed by atoms with van der Waals surface area (Å²) in [7, 11) is 0. The normalized spacial score (nSPS) is 18.4. The van der Waals surface area contributed by atoms with Crippen molar-refractivity contribution in [3.05, 3.63) is 42.2 Å². The first-order chi connectivity index (χ1) is 11.6. The van der Waals surface area contributed by atoms with E-state index < -0.39 is 6.10 Å². The van der Waals surface area contributed by atoms with E-state index in [1.807, 2.05) is 36.5 Å². The summed E-state index contributed by atoms with van der Waals surface area (Å²) < 4.78 is 1.78. The van der Waals surface area contributed by atoms with Crippen molar-refractivity contribution < 1.29 is 9.90 Å². The molecule has 0 spiro atoms. The van der Waals surface area contributed by atoms with Crippen LogP contribution in [0.4, 0.5) is 0 Å². The fourth-order valence-corrected chi connectivity index (χ4v) is 2.96. The van der Waals surface area contributed by atoms with Crippen LogP contribution in [-0.4, -0.2) is 68.1 Å². The summed E-state index contributed by atoms with van der Waals surface area (Å²) in [5.41, 5.74) is 1.89. The molecule has 7 heteroatoms. The molecule has 24 heavy (non-hydrogen) atoms. The molecular weight excluding hydrogens is 306 g/mol. The highest BCUT2D eigenvalue weighted by Gasteiger charge is 2.27. The maximum Gasteiger partial charge on any atom is 0.251 e. The van der Waals surface area contributed by atoms with E-state index >= 15 is 0 Å². The number of carbonyl (C=O) groups is 1. The molecule has 1 aromatic carbocycles. The Balaban J connectivity index is 1.63. The number of aromatic nitrogens is 3. The monoisotopic (exact) mass is 329 g/mol. The molecule has 1 aliphatic rings. The molecule has 2 unspecified atom stereocenters. The van der Waals surface area contributed by atoms with Crippen molar-refractivity contribution in [1.82, 2.24) is 24.8 Å². The first-order valence-corrected chi connectivity index (χ1v) is 8.25. The number of piperazine rings is 1.